The summed E-state index contributed by atoms with van der Waals surface area (Å²) in [5.74, 6) is -0.613. The van der Waals surface area contributed by atoms with Gasteiger partial charge < -0.3 is 10.6 Å². The van der Waals surface area contributed by atoms with Crippen LogP contribution in [0.1, 0.15) is 17.3 Å². The molecule has 2 N–H and O–H groups in total. The maximum absolute atomic E-state index is 12.7. The monoisotopic (exact) mass is 582 g/mol. The van der Waals surface area contributed by atoms with Gasteiger partial charge in [-0.25, -0.2) is 4.98 Å². The number of carbonyl (C=O) groups is 2. The van der Waals surface area contributed by atoms with Crippen molar-refractivity contribution >= 4 is 67.3 Å². The predicted octanol–water partition coefficient (Wildman–Crippen LogP) is 6.85. The van der Waals surface area contributed by atoms with Gasteiger partial charge in [0.1, 0.15) is 0 Å². The number of hydrogen-bond donors (Lipinski definition) is 2. The average molecular weight is 583 g/mol. The molecule has 1 aromatic heterocycles. The van der Waals surface area contributed by atoms with Gasteiger partial charge in [0.25, 0.3) is 11.6 Å². The third-order valence-electron chi connectivity index (χ3n) is 4.99. The first kappa shape index (κ1) is 25.5. The molecule has 11 heteroatoms. The van der Waals surface area contributed by atoms with Gasteiger partial charge in [-0.3, -0.25) is 19.7 Å². The van der Waals surface area contributed by atoms with Gasteiger partial charge in [0, 0.05) is 43.7 Å². The van der Waals surface area contributed by atoms with Gasteiger partial charge >= 0.3 is 0 Å². The Labute approximate surface area is 223 Å². The number of nitrogens with one attached hydrogen (secondary N) is 2. The Bertz CT molecular complexity index is 1410. The number of nitrogens with zero attached hydrogens (tertiary/aromatic N) is 2. The number of carbonyl (C=O) groups excluding carboxylic acids is 2. The number of thiazole rings is 1. The molecule has 4 rings (SSSR count). The highest BCUT2D eigenvalue weighted by molar-refractivity contribution is 9.10. The molecule has 0 spiro atoms. The fourth-order valence-corrected chi connectivity index (χ4v) is 4.98. The van der Waals surface area contributed by atoms with E-state index in [9.17, 15) is 19.7 Å². The zero-order valence-electron chi connectivity index (χ0n) is 18.8. The molecule has 1 unspecified atom stereocenters. The average Bonchev–Trinajstić information content (AvgIpc) is 3.34. The number of anilines is 2. The summed E-state index contributed by atoms with van der Waals surface area (Å²) >= 11 is 6.16. The van der Waals surface area contributed by atoms with Gasteiger partial charge in [0.05, 0.1) is 15.9 Å². The zero-order chi connectivity index (χ0) is 25.7. The van der Waals surface area contributed by atoms with E-state index in [4.69, 9.17) is 0 Å². The van der Waals surface area contributed by atoms with E-state index in [1.165, 1.54) is 47.4 Å². The Kier molecular flexibility index (Phi) is 8.14. The van der Waals surface area contributed by atoms with Crippen LogP contribution in [0.2, 0.25) is 0 Å². The van der Waals surface area contributed by atoms with Gasteiger partial charge in [-0.15, -0.1) is 23.1 Å². The fourth-order valence-electron chi connectivity index (χ4n) is 3.13. The van der Waals surface area contributed by atoms with Crippen molar-refractivity contribution in [2.24, 2.45) is 0 Å². The fraction of sp³-hybridized carbons (Fsp3) is 0.0800. The standard InChI is InChI=1S/C25H19BrN4O4S2/c1-15(23(31)29-25-28-22(14-35-25)16-5-7-18(26)8-6-16)36-21-11-9-19(10-12-21)27-24(32)17-3-2-4-20(13-17)30(33)34/h2-15H,1H3,(H,27,32)(H,28,29,31). The van der Waals surface area contributed by atoms with E-state index in [2.05, 4.69) is 31.5 Å². The molecule has 0 aliphatic rings. The summed E-state index contributed by atoms with van der Waals surface area (Å²) in [5, 5.41) is 18.6. The predicted molar refractivity (Wildman–Crippen MR) is 147 cm³/mol. The first-order valence-corrected chi connectivity index (χ1v) is 13.2. The van der Waals surface area contributed by atoms with E-state index < -0.39 is 10.8 Å². The second kappa shape index (κ2) is 11.5. The van der Waals surface area contributed by atoms with Crippen LogP contribution in [0.4, 0.5) is 16.5 Å². The minimum absolute atomic E-state index is 0.149. The number of thioether (sulfide) groups is 1. The van der Waals surface area contributed by atoms with Crippen LogP contribution in [0, 0.1) is 10.1 Å². The van der Waals surface area contributed by atoms with E-state index in [-0.39, 0.29) is 22.4 Å². The van der Waals surface area contributed by atoms with Crippen LogP contribution in [0.25, 0.3) is 11.3 Å². The molecule has 3 aromatic carbocycles. The lowest BCUT2D eigenvalue weighted by molar-refractivity contribution is -0.384. The van der Waals surface area contributed by atoms with Crippen LogP contribution < -0.4 is 10.6 Å². The minimum atomic E-state index is -0.546. The molecule has 2 amide bonds. The molecule has 0 bridgehead atoms. The summed E-state index contributed by atoms with van der Waals surface area (Å²) < 4.78 is 0.985. The number of rotatable bonds is 8. The summed E-state index contributed by atoms with van der Waals surface area (Å²) in [6.45, 7) is 1.81. The van der Waals surface area contributed by atoms with Crippen LogP contribution in [-0.4, -0.2) is 27.0 Å². The molecule has 1 atom stereocenters. The molecule has 0 saturated heterocycles. The quantitative estimate of drug-likeness (QED) is 0.133. The number of benzene rings is 3. The first-order chi connectivity index (χ1) is 17.3. The van der Waals surface area contributed by atoms with Gasteiger partial charge in [-0.05, 0) is 49.4 Å². The molecule has 4 aromatic rings. The third kappa shape index (κ3) is 6.56. The largest absolute Gasteiger partial charge is 0.322 e. The smallest absolute Gasteiger partial charge is 0.270 e. The second-order valence-electron chi connectivity index (χ2n) is 7.58. The van der Waals surface area contributed by atoms with Crippen LogP contribution in [0.5, 0.6) is 0 Å². The Morgan fingerprint density at radius 1 is 1.06 bits per heavy atom. The third-order valence-corrected chi connectivity index (χ3v) is 7.39. The molecule has 36 heavy (non-hydrogen) atoms. The summed E-state index contributed by atoms with van der Waals surface area (Å²) in [4.78, 5) is 40.8. The number of non-ortho nitro benzene ring substituents is 1. The molecule has 0 aliphatic carbocycles. The van der Waals surface area contributed by atoms with Crippen molar-refractivity contribution < 1.29 is 14.5 Å². The summed E-state index contributed by atoms with van der Waals surface area (Å²) in [5.41, 5.74) is 2.35. The topological polar surface area (TPSA) is 114 Å². The second-order valence-corrected chi connectivity index (χ2v) is 10.8. The molecule has 8 nitrogen and oxygen atoms in total. The Balaban J connectivity index is 1.32. The van der Waals surface area contributed by atoms with Crippen molar-refractivity contribution in [2.75, 3.05) is 10.6 Å². The summed E-state index contributed by atoms with van der Waals surface area (Å²) in [6, 6.07) is 20.4. The van der Waals surface area contributed by atoms with Crippen molar-refractivity contribution in [3.8, 4) is 11.3 Å². The Hall–Kier alpha value is -3.54. The Morgan fingerprint density at radius 2 is 1.78 bits per heavy atom. The first-order valence-electron chi connectivity index (χ1n) is 10.6. The van der Waals surface area contributed by atoms with Crippen molar-refractivity contribution in [1.82, 2.24) is 4.98 Å². The van der Waals surface area contributed by atoms with Crippen LogP contribution >= 0.6 is 39.0 Å². The molecule has 0 aliphatic heterocycles. The summed E-state index contributed by atoms with van der Waals surface area (Å²) in [7, 11) is 0. The van der Waals surface area contributed by atoms with Crippen LogP contribution in [-0.2, 0) is 4.79 Å². The van der Waals surface area contributed by atoms with Crippen molar-refractivity contribution in [3.63, 3.8) is 0 Å². The number of nitro benzene ring substituents is 1. The number of aromatic nitrogens is 1. The van der Waals surface area contributed by atoms with Gasteiger partial charge in [0.2, 0.25) is 5.91 Å². The molecular formula is C25H19BrN4O4S2. The zero-order valence-corrected chi connectivity index (χ0v) is 22.0. The van der Waals surface area contributed by atoms with Crippen LogP contribution in [0.15, 0.2) is 87.5 Å². The lowest BCUT2D eigenvalue weighted by Gasteiger charge is -2.11. The maximum Gasteiger partial charge on any atom is 0.270 e. The molecule has 0 radical (unpaired) electrons. The highest BCUT2D eigenvalue weighted by atomic mass is 79.9. The highest BCUT2D eigenvalue weighted by Gasteiger charge is 2.17. The molecule has 182 valence electrons. The lowest BCUT2D eigenvalue weighted by Crippen LogP contribution is -2.22. The number of halogens is 1. The van der Waals surface area contributed by atoms with E-state index in [1.807, 2.05) is 29.6 Å². The number of amides is 2. The molecule has 0 saturated carbocycles. The minimum Gasteiger partial charge on any atom is -0.322 e. The SMILES string of the molecule is CC(Sc1ccc(NC(=O)c2cccc([N+](=O)[O-])c2)cc1)C(=O)Nc1nc(-c2ccc(Br)cc2)cs1. The van der Waals surface area contributed by atoms with E-state index in [0.717, 1.165) is 20.6 Å². The van der Waals surface area contributed by atoms with Gasteiger partial charge in [-0.1, -0.05) is 34.1 Å². The van der Waals surface area contributed by atoms with E-state index in [1.54, 1.807) is 31.2 Å². The van der Waals surface area contributed by atoms with Crippen molar-refractivity contribution in [2.45, 2.75) is 17.1 Å². The molecular weight excluding hydrogens is 564 g/mol. The Morgan fingerprint density at radius 3 is 2.47 bits per heavy atom. The summed E-state index contributed by atoms with van der Waals surface area (Å²) in [6.07, 6.45) is 0. The maximum atomic E-state index is 12.7. The van der Waals surface area contributed by atoms with Crippen molar-refractivity contribution in [1.29, 1.82) is 0 Å². The van der Waals surface area contributed by atoms with Crippen molar-refractivity contribution in [3.05, 3.63) is 98.3 Å². The van der Waals surface area contributed by atoms with E-state index in [0.29, 0.717) is 10.8 Å². The van der Waals surface area contributed by atoms with Gasteiger partial charge in [0.15, 0.2) is 5.13 Å². The van der Waals surface area contributed by atoms with Crippen LogP contribution in [0.3, 0.4) is 0 Å². The lowest BCUT2D eigenvalue weighted by atomic mass is 10.2. The molecule has 0 fully saturated rings. The van der Waals surface area contributed by atoms with Gasteiger partial charge in [-0.2, -0.15) is 0 Å². The normalized spacial score (nSPS) is 11.5. The number of hydrogen-bond acceptors (Lipinski definition) is 7. The highest BCUT2D eigenvalue weighted by Crippen LogP contribution is 2.29. The molecule has 1 heterocycles. The van der Waals surface area contributed by atoms with E-state index >= 15 is 0 Å². The number of nitro groups is 1.